The van der Waals surface area contributed by atoms with Crippen LogP contribution in [0.15, 0.2) is 53.5 Å². The van der Waals surface area contributed by atoms with E-state index in [1.54, 1.807) is 0 Å². The average Bonchev–Trinajstić information content (AvgIpc) is 3.11. The van der Waals surface area contributed by atoms with Gasteiger partial charge in [0.15, 0.2) is 0 Å². The molecule has 2 heterocycles. The van der Waals surface area contributed by atoms with Crippen LogP contribution in [0.3, 0.4) is 0 Å². The summed E-state index contributed by atoms with van der Waals surface area (Å²) >= 11 is 0. The number of anilines is 1. The zero-order chi connectivity index (χ0) is 15.8. The minimum atomic E-state index is -0.178. The number of rotatable bonds is 4. The lowest BCUT2D eigenvalue weighted by Gasteiger charge is -2.05. The van der Waals surface area contributed by atoms with Crippen molar-refractivity contribution < 1.29 is 0 Å². The van der Waals surface area contributed by atoms with Crippen LogP contribution in [0.1, 0.15) is 12.5 Å². The number of para-hydroxylation sites is 1. The fourth-order valence-electron chi connectivity index (χ4n) is 3.07. The quantitative estimate of drug-likeness (QED) is 0.541. The highest BCUT2D eigenvalue weighted by molar-refractivity contribution is 5.84. The number of aromatic amines is 2. The van der Waals surface area contributed by atoms with Crippen molar-refractivity contribution in [1.29, 1.82) is 0 Å². The van der Waals surface area contributed by atoms with Gasteiger partial charge >= 0.3 is 5.69 Å². The zero-order valence-corrected chi connectivity index (χ0v) is 12.9. The lowest BCUT2D eigenvalue weighted by Crippen LogP contribution is -1.99. The summed E-state index contributed by atoms with van der Waals surface area (Å²) in [6.07, 6.45) is 2.20. The first-order valence-corrected chi connectivity index (χ1v) is 7.77. The van der Waals surface area contributed by atoms with Crippen molar-refractivity contribution in [1.82, 2.24) is 14.5 Å². The third kappa shape index (κ3) is 2.40. The van der Waals surface area contributed by atoms with E-state index in [1.807, 2.05) is 18.2 Å². The van der Waals surface area contributed by atoms with Crippen molar-refractivity contribution in [2.45, 2.75) is 20.0 Å². The zero-order valence-electron chi connectivity index (χ0n) is 12.9. The predicted molar refractivity (Wildman–Crippen MR) is 93.9 cm³/mol. The highest BCUT2D eigenvalue weighted by Gasteiger charge is 2.07. The molecule has 0 aliphatic heterocycles. The van der Waals surface area contributed by atoms with E-state index in [9.17, 15) is 4.79 Å². The van der Waals surface area contributed by atoms with Gasteiger partial charge in [0.1, 0.15) is 0 Å². The largest absolute Gasteiger partial charge is 0.381 e. The van der Waals surface area contributed by atoms with Gasteiger partial charge in [0.05, 0.1) is 11.0 Å². The molecule has 0 saturated carbocycles. The smallest absolute Gasteiger partial charge is 0.323 e. The van der Waals surface area contributed by atoms with E-state index in [4.69, 9.17) is 0 Å². The number of fused-ring (bicyclic) bond motifs is 2. The second-order valence-corrected chi connectivity index (χ2v) is 5.65. The first-order chi connectivity index (χ1) is 11.2. The molecule has 0 unspecified atom stereocenters. The number of nitrogens with one attached hydrogen (secondary N) is 3. The van der Waals surface area contributed by atoms with E-state index < -0.39 is 0 Å². The fraction of sp³-hybridized carbons (Fsp3) is 0.167. The topological polar surface area (TPSA) is 65.6 Å². The third-order valence-corrected chi connectivity index (χ3v) is 4.21. The lowest BCUT2D eigenvalue weighted by atomic mass is 10.1. The van der Waals surface area contributed by atoms with Gasteiger partial charge in [-0.2, -0.15) is 0 Å². The molecular weight excluding hydrogens is 288 g/mol. The van der Waals surface area contributed by atoms with Crippen LogP contribution in [0.2, 0.25) is 0 Å². The molecule has 0 aliphatic rings. The van der Waals surface area contributed by atoms with Crippen molar-refractivity contribution in [2.24, 2.45) is 0 Å². The maximum Gasteiger partial charge on any atom is 0.323 e. The van der Waals surface area contributed by atoms with Crippen molar-refractivity contribution in [3.63, 3.8) is 0 Å². The fourth-order valence-corrected chi connectivity index (χ4v) is 3.07. The Morgan fingerprint density at radius 2 is 1.91 bits per heavy atom. The van der Waals surface area contributed by atoms with Gasteiger partial charge in [0.2, 0.25) is 0 Å². The van der Waals surface area contributed by atoms with Crippen LogP contribution in [-0.4, -0.2) is 14.5 Å². The van der Waals surface area contributed by atoms with E-state index in [0.717, 1.165) is 29.8 Å². The summed E-state index contributed by atoms with van der Waals surface area (Å²) in [7, 11) is 0. The number of hydrogen-bond acceptors (Lipinski definition) is 2. The lowest BCUT2D eigenvalue weighted by molar-refractivity contribution is 0.793. The highest BCUT2D eigenvalue weighted by Crippen LogP contribution is 2.23. The van der Waals surface area contributed by atoms with Gasteiger partial charge in [-0.05, 0) is 36.8 Å². The van der Waals surface area contributed by atoms with Crippen LogP contribution >= 0.6 is 0 Å². The van der Waals surface area contributed by atoms with Gasteiger partial charge < -0.3 is 19.9 Å². The monoisotopic (exact) mass is 306 g/mol. The number of aromatic nitrogens is 3. The predicted octanol–water partition coefficient (Wildman–Crippen LogP) is 3.44. The molecule has 116 valence electrons. The summed E-state index contributed by atoms with van der Waals surface area (Å²) in [5.41, 5.74) is 4.98. The third-order valence-electron chi connectivity index (χ3n) is 4.21. The molecule has 2 aromatic heterocycles. The van der Waals surface area contributed by atoms with E-state index in [1.165, 1.54) is 16.5 Å². The molecule has 0 radical (unpaired) electrons. The second kappa shape index (κ2) is 5.35. The van der Waals surface area contributed by atoms with Crippen LogP contribution in [0.5, 0.6) is 0 Å². The number of aryl methyl sites for hydroxylation is 1. The Balaban J connectivity index is 1.64. The molecule has 0 bridgehead atoms. The van der Waals surface area contributed by atoms with Gasteiger partial charge in [-0.25, -0.2) is 4.79 Å². The molecular formula is C18H18N4O. The van der Waals surface area contributed by atoms with Crippen LogP contribution in [0, 0.1) is 0 Å². The molecule has 2 aromatic carbocycles. The maximum atomic E-state index is 11.3. The first kappa shape index (κ1) is 13.7. The first-order valence-electron chi connectivity index (χ1n) is 7.77. The van der Waals surface area contributed by atoms with E-state index in [-0.39, 0.29) is 5.69 Å². The van der Waals surface area contributed by atoms with Gasteiger partial charge in [-0.1, -0.05) is 18.2 Å². The average molecular weight is 306 g/mol. The SMILES string of the molecule is CCn1cc(CNc2ccc3[nH]c(=O)[nH]c3c2)c2ccccc21. The number of H-pyrrole nitrogens is 2. The Hall–Kier alpha value is -2.95. The Bertz CT molecular complexity index is 1040. The summed E-state index contributed by atoms with van der Waals surface area (Å²) in [5, 5.41) is 4.72. The molecule has 0 amide bonds. The van der Waals surface area contributed by atoms with Crippen molar-refractivity contribution in [3.8, 4) is 0 Å². The summed E-state index contributed by atoms with van der Waals surface area (Å²) in [5.74, 6) is 0. The Morgan fingerprint density at radius 1 is 1.09 bits per heavy atom. The molecule has 0 spiro atoms. The molecule has 0 atom stereocenters. The van der Waals surface area contributed by atoms with Crippen molar-refractivity contribution in [2.75, 3.05) is 5.32 Å². The molecule has 4 aromatic rings. The standard InChI is InChI=1S/C18H18N4O/c1-2-22-11-12(14-5-3-4-6-17(14)22)10-19-13-7-8-15-16(9-13)21-18(23)20-15/h3-9,11,19H,2,10H2,1H3,(H2,20,21,23). The van der Waals surface area contributed by atoms with Gasteiger partial charge in [0, 0.05) is 35.9 Å². The summed E-state index contributed by atoms with van der Waals surface area (Å²) < 4.78 is 2.26. The van der Waals surface area contributed by atoms with Gasteiger partial charge in [-0.3, -0.25) is 0 Å². The van der Waals surface area contributed by atoms with Crippen LogP contribution in [0.25, 0.3) is 21.9 Å². The molecule has 0 saturated heterocycles. The summed E-state index contributed by atoms with van der Waals surface area (Å²) in [6.45, 7) is 3.85. The minimum absolute atomic E-state index is 0.178. The molecule has 0 aliphatic carbocycles. The minimum Gasteiger partial charge on any atom is -0.381 e. The highest BCUT2D eigenvalue weighted by atomic mass is 16.1. The van der Waals surface area contributed by atoms with Gasteiger partial charge in [0.25, 0.3) is 0 Å². The van der Waals surface area contributed by atoms with E-state index in [0.29, 0.717) is 0 Å². The molecule has 3 N–H and O–H groups in total. The summed E-state index contributed by atoms with van der Waals surface area (Å²) in [4.78, 5) is 16.9. The Labute approximate surface area is 133 Å². The second-order valence-electron chi connectivity index (χ2n) is 5.65. The van der Waals surface area contributed by atoms with Crippen molar-refractivity contribution >= 4 is 27.6 Å². The van der Waals surface area contributed by atoms with Crippen LogP contribution < -0.4 is 11.0 Å². The molecule has 0 fully saturated rings. The molecule has 4 rings (SSSR count). The van der Waals surface area contributed by atoms with Crippen LogP contribution in [0.4, 0.5) is 5.69 Å². The van der Waals surface area contributed by atoms with E-state index in [2.05, 4.69) is 57.2 Å². The maximum absolute atomic E-state index is 11.3. The summed E-state index contributed by atoms with van der Waals surface area (Å²) in [6, 6.07) is 14.3. The van der Waals surface area contributed by atoms with Crippen LogP contribution in [-0.2, 0) is 13.1 Å². The number of benzene rings is 2. The molecule has 23 heavy (non-hydrogen) atoms. The molecule has 5 heteroatoms. The van der Waals surface area contributed by atoms with E-state index >= 15 is 0 Å². The Kier molecular flexibility index (Phi) is 3.19. The number of imidazole rings is 1. The number of nitrogens with zero attached hydrogens (tertiary/aromatic N) is 1. The normalized spacial score (nSPS) is 11.3. The number of hydrogen-bond donors (Lipinski definition) is 3. The molecule has 5 nitrogen and oxygen atoms in total. The van der Waals surface area contributed by atoms with Gasteiger partial charge in [-0.15, -0.1) is 0 Å². The van der Waals surface area contributed by atoms with Crippen molar-refractivity contribution in [3.05, 3.63) is 64.7 Å². The Morgan fingerprint density at radius 3 is 2.78 bits per heavy atom.